The molecule has 0 fully saturated rings. The molecule has 0 spiro atoms. The molecule has 1 aromatic carbocycles. The van der Waals surface area contributed by atoms with Gasteiger partial charge in [0, 0.05) is 20.7 Å². The zero-order chi connectivity index (χ0) is 13.9. The Hall–Kier alpha value is -0.370. The Morgan fingerprint density at radius 2 is 1.94 bits per heavy atom. The number of rotatable bonds is 5. The van der Waals surface area contributed by atoms with E-state index in [-0.39, 0.29) is 10.9 Å². The van der Waals surface area contributed by atoms with Crippen LogP contribution in [0.15, 0.2) is 38.6 Å². The van der Waals surface area contributed by atoms with Gasteiger partial charge in [-0.25, -0.2) is 13.1 Å². The molecule has 3 N–H and O–H groups in total. The summed E-state index contributed by atoms with van der Waals surface area (Å²) < 4.78 is 27.9. The standard InChI is InChI=1S/C11H14Br2N2O2S/c1-3-4-7(2)15-18(16,17)11-9(12)5-8(14)6-10(11)13/h3,5-7,15H,1,4,14H2,2H3. The molecule has 0 amide bonds. The van der Waals surface area contributed by atoms with Crippen LogP contribution in [-0.4, -0.2) is 14.5 Å². The lowest BCUT2D eigenvalue weighted by atomic mass is 10.3. The van der Waals surface area contributed by atoms with Crippen molar-refractivity contribution in [2.24, 2.45) is 0 Å². The Kier molecular flexibility index (Phi) is 5.39. The van der Waals surface area contributed by atoms with Crippen molar-refractivity contribution in [3.05, 3.63) is 33.7 Å². The number of benzene rings is 1. The van der Waals surface area contributed by atoms with Crippen LogP contribution in [0.5, 0.6) is 0 Å². The van der Waals surface area contributed by atoms with E-state index in [1.807, 2.05) is 0 Å². The molecule has 1 aromatic rings. The Balaban J connectivity index is 3.17. The second-order valence-corrected chi connectivity index (χ2v) is 7.22. The smallest absolute Gasteiger partial charge is 0.243 e. The zero-order valence-electron chi connectivity index (χ0n) is 9.78. The van der Waals surface area contributed by atoms with E-state index in [4.69, 9.17) is 5.73 Å². The monoisotopic (exact) mass is 396 g/mol. The van der Waals surface area contributed by atoms with Crippen molar-refractivity contribution in [3.63, 3.8) is 0 Å². The SMILES string of the molecule is C=CCC(C)NS(=O)(=O)c1c(Br)cc(N)cc1Br. The van der Waals surface area contributed by atoms with Crippen molar-refractivity contribution in [1.82, 2.24) is 4.72 Å². The molecule has 1 rings (SSSR count). The van der Waals surface area contributed by atoms with E-state index >= 15 is 0 Å². The third kappa shape index (κ3) is 3.81. The first kappa shape index (κ1) is 15.7. The molecule has 18 heavy (non-hydrogen) atoms. The third-order valence-corrected chi connectivity index (χ3v) is 5.63. The van der Waals surface area contributed by atoms with Gasteiger partial charge in [0.1, 0.15) is 4.90 Å². The molecule has 0 saturated heterocycles. The van der Waals surface area contributed by atoms with Crippen molar-refractivity contribution in [2.45, 2.75) is 24.3 Å². The number of nitrogens with one attached hydrogen (secondary N) is 1. The maximum Gasteiger partial charge on any atom is 0.243 e. The molecular formula is C11H14Br2N2O2S. The number of halogens is 2. The fourth-order valence-corrected chi connectivity index (χ4v) is 5.33. The van der Waals surface area contributed by atoms with Crippen LogP contribution in [-0.2, 0) is 10.0 Å². The summed E-state index contributed by atoms with van der Waals surface area (Å²) >= 11 is 6.43. The van der Waals surface area contributed by atoms with Gasteiger partial charge in [0.15, 0.2) is 0 Å². The van der Waals surface area contributed by atoms with E-state index in [0.29, 0.717) is 21.1 Å². The molecule has 100 valence electrons. The van der Waals surface area contributed by atoms with Gasteiger partial charge in [-0.2, -0.15) is 0 Å². The number of sulfonamides is 1. The molecule has 0 aliphatic heterocycles. The molecule has 0 bridgehead atoms. The molecular weight excluding hydrogens is 384 g/mol. The van der Waals surface area contributed by atoms with Crippen LogP contribution in [0.3, 0.4) is 0 Å². The van der Waals surface area contributed by atoms with Crippen LogP contribution in [0, 0.1) is 0 Å². The number of hydrogen-bond acceptors (Lipinski definition) is 3. The predicted molar refractivity (Wildman–Crippen MR) is 80.9 cm³/mol. The highest BCUT2D eigenvalue weighted by atomic mass is 79.9. The molecule has 0 aliphatic rings. The Morgan fingerprint density at radius 3 is 2.39 bits per heavy atom. The zero-order valence-corrected chi connectivity index (χ0v) is 13.8. The summed E-state index contributed by atoms with van der Waals surface area (Å²) in [5.74, 6) is 0. The van der Waals surface area contributed by atoms with Crippen molar-refractivity contribution >= 4 is 47.6 Å². The minimum Gasteiger partial charge on any atom is -0.399 e. The Labute approximate surface area is 124 Å². The lowest BCUT2D eigenvalue weighted by molar-refractivity contribution is 0.561. The van der Waals surface area contributed by atoms with E-state index in [2.05, 4.69) is 43.2 Å². The average Bonchev–Trinajstić information content (AvgIpc) is 2.13. The highest BCUT2D eigenvalue weighted by molar-refractivity contribution is 9.11. The largest absolute Gasteiger partial charge is 0.399 e. The summed E-state index contributed by atoms with van der Waals surface area (Å²) in [6.45, 7) is 5.36. The van der Waals surface area contributed by atoms with Gasteiger partial charge in [0.25, 0.3) is 0 Å². The quantitative estimate of drug-likeness (QED) is 0.592. The van der Waals surface area contributed by atoms with Crippen molar-refractivity contribution < 1.29 is 8.42 Å². The third-order valence-electron chi connectivity index (χ3n) is 2.17. The highest BCUT2D eigenvalue weighted by Gasteiger charge is 2.23. The maximum absolute atomic E-state index is 12.2. The van der Waals surface area contributed by atoms with E-state index in [0.717, 1.165) is 0 Å². The molecule has 4 nitrogen and oxygen atoms in total. The van der Waals surface area contributed by atoms with E-state index in [9.17, 15) is 8.42 Å². The summed E-state index contributed by atoms with van der Waals surface area (Å²) in [7, 11) is -3.61. The van der Waals surface area contributed by atoms with Crippen LogP contribution in [0.1, 0.15) is 13.3 Å². The van der Waals surface area contributed by atoms with Crippen LogP contribution in [0.2, 0.25) is 0 Å². The molecule has 0 radical (unpaired) electrons. The first-order valence-corrected chi connectivity index (χ1v) is 8.22. The summed E-state index contributed by atoms with van der Waals surface area (Å²) in [5.41, 5.74) is 6.11. The fourth-order valence-electron chi connectivity index (χ4n) is 1.46. The van der Waals surface area contributed by atoms with Crippen LogP contribution < -0.4 is 10.5 Å². The summed E-state index contributed by atoms with van der Waals surface area (Å²) in [5, 5.41) is 0. The lowest BCUT2D eigenvalue weighted by Gasteiger charge is -2.15. The Morgan fingerprint density at radius 1 is 1.44 bits per heavy atom. The molecule has 0 heterocycles. The van der Waals surface area contributed by atoms with Crippen molar-refractivity contribution in [1.29, 1.82) is 0 Å². The van der Waals surface area contributed by atoms with E-state index in [1.165, 1.54) is 0 Å². The average molecular weight is 398 g/mol. The second kappa shape index (κ2) is 6.18. The summed E-state index contributed by atoms with van der Waals surface area (Å²) in [6.07, 6.45) is 2.23. The number of nitrogens with two attached hydrogens (primary N) is 1. The second-order valence-electron chi connectivity index (χ2n) is 3.86. The van der Waals surface area contributed by atoms with Gasteiger partial charge in [-0.1, -0.05) is 6.08 Å². The first-order valence-electron chi connectivity index (χ1n) is 5.15. The van der Waals surface area contributed by atoms with Gasteiger partial charge >= 0.3 is 0 Å². The molecule has 0 aromatic heterocycles. The van der Waals surface area contributed by atoms with Crippen molar-refractivity contribution in [3.8, 4) is 0 Å². The van der Waals surface area contributed by atoms with Crippen molar-refractivity contribution in [2.75, 3.05) is 5.73 Å². The number of nitrogen functional groups attached to an aromatic ring is 1. The summed E-state index contributed by atoms with van der Waals surface area (Å²) in [6, 6.07) is 2.89. The fraction of sp³-hybridized carbons (Fsp3) is 0.273. The van der Waals surface area contributed by atoms with Crippen LogP contribution in [0.4, 0.5) is 5.69 Å². The van der Waals surface area contributed by atoms with E-state index < -0.39 is 10.0 Å². The van der Waals surface area contributed by atoms with Gasteiger partial charge in [0.05, 0.1) is 0 Å². The van der Waals surface area contributed by atoms with Gasteiger partial charge in [-0.05, 0) is 57.3 Å². The normalized spacial score (nSPS) is 13.3. The van der Waals surface area contributed by atoms with Gasteiger partial charge in [-0.3, -0.25) is 0 Å². The van der Waals surface area contributed by atoms with Gasteiger partial charge < -0.3 is 5.73 Å². The highest BCUT2D eigenvalue weighted by Crippen LogP contribution is 2.32. The summed E-state index contributed by atoms with van der Waals surface area (Å²) in [4.78, 5) is 0.146. The minimum absolute atomic E-state index is 0.146. The maximum atomic E-state index is 12.2. The van der Waals surface area contributed by atoms with Gasteiger partial charge in [-0.15, -0.1) is 6.58 Å². The lowest BCUT2D eigenvalue weighted by Crippen LogP contribution is -2.32. The molecule has 1 unspecified atom stereocenters. The minimum atomic E-state index is -3.61. The number of anilines is 1. The molecule has 7 heteroatoms. The number of hydrogen-bond donors (Lipinski definition) is 2. The topological polar surface area (TPSA) is 72.2 Å². The molecule has 0 aliphatic carbocycles. The van der Waals surface area contributed by atoms with Crippen LogP contribution >= 0.6 is 31.9 Å². The van der Waals surface area contributed by atoms with Crippen LogP contribution in [0.25, 0.3) is 0 Å². The first-order chi connectivity index (χ1) is 8.27. The van der Waals surface area contributed by atoms with Gasteiger partial charge in [0.2, 0.25) is 10.0 Å². The molecule has 1 atom stereocenters. The predicted octanol–water partition coefficient (Wildman–Crippen LogP) is 3.04. The molecule has 0 saturated carbocycles. The van der Waals surface area contributed by atoms with E-state index in [1.54, 1.807) is 25.1 Å². The Bertz CT molecular complexity index is 535.